The number of carbonyl (C=O) groups excluding carboxylic acids is 1. The summed E-state index contributed by atoms with van der Waals surface area (Å²) < 4.78 is 0. The number of carboxylic acids is 1. The van der Waals surface area contributed by atoms with Gasteiger partial charge in [0.25, 0.3) is 5.91 Å². The second-order valence-electron chi connectivity index (χ2n) is 4.74. The largest absolute Gasteiger partial charge is 0.477 e. The summed E-state index contributed by atoms with van der Waals surface area (Å²) in [5.41, 5.74) is 3.14. The number of pyridine rings is 1. The Morgan fingerprint density at radius 3 is 2.81 bits per heavy atom. The Labute approximate surface area is 120 Å². The SMILES string of the molecule is O=C(Nc1ccc(C(=O)O)nc1)c1ccc2c(c1)NCC2. The van der Waals surface area contributed by atoms with Gasteiger partial charge in [0.15, 0.2) is 0 Å². The molecule has 0 bridgehead atoms. The number of aromatic carboxylic acids is 1. The third-order valence-corrected chi connectivity index (χ3v) is 3.32. The number of hydrogen-bond donors (Lipinski definition) is 3. The van der Waals surface area contributed by atoms with Crippen molar-refractivity contribution in [3.8, 4) is 0 Å². The molecule has 0 aliphatic carbocycles. The Morgan fingerprint density at radius 1 is 1.24 bits per heavy atom. The van der Waals surface area contributed by atoms with E-state index in [1.165, 1.54) is 23.9 Å². The van der Waals surface area contributed by atoms with Crippen molar-refractivity contribution in [2.45, 2.75) is 6.42 Å². The van der Waals surface area contributed by atoms with Gasteiger partial charge in [0.1, 0.15) is 5.69 Å². The first-order valence-electron chi connectivity index (χ1n) is 6.51. The van der Waals surface area contributed by atoms with Crippen LogP contribution in [0.4, 0.5) is 11.4 Å². The predicted molar refractivity (Wildman–Crippen MR) is 77.8 cm³/mol. The number of amides is 1. The molecule has 3 rings (SSSR count). The molecule has 3 N–H and O–H groups in total. The van der Waals surface area contributed by atoms with Gasteiger partial charge < -0.3 is 15.7 Å². The topological polar surface area (TPSA) is 91.3 Å². The van der Waals surface area contributed by atoms with Crippen molar-refractivity contribution in [2.75, 3.05) is 17.2 Å². The van der Waals surface area contributed by atoms with Crippen molar-refractivity contribution < 1.29 is 14.7 Å². The van der Waals surface area contributed by atoms with Crippen LogP contribution < -0.4 is 10.6 Å². The van der Waals surface area contributed by atoms with E-state index in [4.69, 9.17) is 5.11 Å². The molecule has 0 atom stereocenters. The normalized spacial score (nSPS) is 12.4. The molecule has 6 nitrogen and oxygen atoms in total. The Morgan fingerprint density at radius 2 is 2.10 bits per heavy atom. The summed E-state index contributed by atoms with van der Waals surface area (Å²) >= 11 is 0. The van der Waals surface area contributed by atoms with Crippen LogP contribution in [0.2, 0.25) is 0 Å². The molecule has 106 valence electrons. The minimum atomic E-state index is -1.10. The van der Waals surface area contributed by atoms with E-state index in [2.05, 4.69) is 15.6 Å². The Hall–Kier alpha value is -2.89. The first kappa shape index (κ1) is 13.1. The van der Waals surface area contributed by atoms with Gasteiger partial charge in [0, 0.05) is 17.8 Å². The predicted octanol–water partition coefficient (Wildman–Crippen LogP) is 2.00. The summed E-state index contributed by atoms with van der Waals surface area (Å²) in [5, 5.41) is 14.7. The maximum Gasteiger partial charge on any atom is 0.354 e. The fraction of sp³-hybridized carbons (Fsp3) is 0.133. The highest BCUT2D eigenvalue weighted by Gasteiger charge is 2.14. The van der Waals surface area contributed by atoms with Crippen LogP contribution in [-0.2, 0) is 6.42 Å². The second kappa shape index (κ2) is 5.24. The highest BCUT2D eigenvalue weighted by molar-refractivity contribution is 6.05. The monoisotopic (exact) mass is 283 g/mol. The number of nitrogens with zero attached hydrogens (tertiary/aromatic N) is 1. The van der Waals surface area contributed by atoms with E-state index in [1.54, 1.807) is 6.07 Å². The van der Waals surface area contributed by atoms with Gasteiger partial charge in [-0.05, 0) is 36.2 Å². The number of fused-ring (bicyclic) bond motifs is 1. The lowest BCUT2D eigenvalue weighted by Gasteiger charge is -2.07. The Kier molecular flexibility index (Phi) is 3.27. The van der Waals surface area contributed by atoms with Gasteiger partial charge in [-0.15, -0.1) is 0 Å². The standard InChI is InChI=1S/C15H13N3O3/c19-14(10-2-1-9-5-6-16-13(9)7-10)18-11-3-4-12(15(20)21)17-8-11/h1-4,7-8,16H,5-6H2,(H,18,19)(H,20,21). The third-order valence-electron chi connectivity index (χ3n) is 3.32. The molecule has 2 aromatic rings. The molecule has 1 aromatic carbocycles. The summed E-state index contributed by atoms with van der Waals surface area (Å²) in [4.78, 5) is 26.6. The van der Waals surface area contributed by atoms with Crippen molar-refractivity contribution in [1.82, 2.24) is 4.98 Å². The van der Waals surface area contributed by atoms with Crippen LogP contribution in [0, 0.1) is 0 Å². The first-order valence-corrected chi connectivity index (χ1v) is 6.51. The van der Waals surface area contributed by atoms with Gasteiger partial charge >= 0.3 is 5.97 Å². The van der Waals surface area contributed by atoms with Crippen LogP contribution in [0.3, 0.4) is 0 Å². The number of nitrogens with one attached hydrogen (secondary N) is 2. The van der Waals surface area contributed by atoms with E-state index >= 15 is 0 Å². The lowest BCUT2D eigenvalue weighted by atomic mass is 10.1. The summed E-state index contributed by atoms with van der Waals surface area (Å²) in [7, 11) is 0. The van der Waals surface area contributed by atoms with E-state index in [0.29, 0.717) is 11.3 Å². The maximum atomic E-state index is 12.1. The number of benzene rings is 1. The highest BCUT2D eigenvalue weighted by Crippen LogP contribution is 2.23. The Balaban J connectivity index is 1.75. The van der Waals surface area contributed by atoms with Gasteiger partial charge in [-0.25, -0.2) is 9.78 Å². The molecule has 1 aromatic heterocycles. The molecule has 21 heavy (non-hydrogen) atoms. The fourth-order valence-electron chi connectivity index (χ4n) is 2.23. The van der Waals surface area contributed by atoms with Crippen LogP contribution in [0.1, 0.15) is 26.4 Å². The second-order valence-corrected chi connectivity index (χ2v) is 4.74. The van der Waals surface area contributed by atoms with E-state index in [1.807, 2.05) is 12.1 Å². The number of hydrogen-bond acceptors (Lipinski definition) is 4. The lowest BCUT2D eigenvalue weighted by molar-refractivity contribution is 0.0690. The van der Waals surface area contributed by atoms with Crippen LogP contribution >= 0.6 is 0 Å². The summed E-state index contributed by atoms with van der Waals surface area (Å²) in [6.07, 6.45) is 2.30. The minimum Gasteiger partial charge on any atom is -0.477 e. The molecule has 0 unspecified atom stereocenters. The van der Waals surface area contributed by atoms with Crippen molar-refractivity contribution in [3.63, 3.8) is 0 Å². The lowest BCUT2D eigenvalue weighted by Crippen LogP contribution is -2.12. The molecule has 1 aliphatic rings. The summed E-state index contributed by atoms with van der Waals surface area (Å²) in [6, 6.07) is 8.40. The summed E-state index contributed by atoms with van der Waals surface area (Å²) in [5.74, 6) is -1.35. The van der Waals surface area contributed by atoms with Crippen LogP contribution in [0.15, 0.2) is 36.5 Å². The van der Waals surface area contributed by atoms with Crippen LogP contribution in [-0.4, -0.2) is 28.5 Å². The zero-order chi connectivity index (χ0) is 14.8. The minimum absolute atomic E-state index is 0.0604. The van der Waals surface area contributed by atoms with Crippen molar-refractivity contribution in [2.24, 2.45) is 0 Å². The zero-order valence-electron chi connectivity index (χ0n) is 11.1. The number of rotatable bonds is 3. The van der Waals surface area contributed by atoms with Gasteiger partial charge in [-0.2, -0.15) is 0 Å². The van der Waals surface area contributed by atoms with E-state index in [9.17, 15) is 9.59 Å². The fourth-order valence-corrected chi connectivity index (χ4v) is 2.23. The van der Waals surface area contributed by atoms with Gasteiger partial charge in [-0.1, -0.05) is 6.07 Å². The quantitative estimate of drug-likeness (QED) is 0.801. The smallest absolute Gasteiger partial charge is 0.354 e. The zero-order valence-corrected chi connectivity index (χ0v) is 11.1. The van der Waals surface area contributed by atoms with Crippen LogP contribution in [0.5, 0.6) is 0 Å². The highest BCUT2D eigenvalue weighted by atomic mass is 16.4. The van der Waals surface area contributed by atoms with Crippen molar-refractivity contribution in [3.05, 3.63) is 53.3 Å². The molecule has 0 fully saturated rings. The maximum absolute atomic E-state index is 12.1. The molecular weight excluding hydrogens is 270 g/mol. The average molecular weight is 283 g/mol. The van der Waals surface area contributed by atoms with Gasteiger partial charge in [-0.3, -0.25) is 4.79 Å². The van der Waals surface area contributed by atoms with Crippen molar-refractivity contribution in [1.29, 1.82) is 0 Å². The number of carboxylic acid groups (broad SMARTS) is 1. The molecule has 0 radical (unpaired) electrons. The van der Waals surface area contributed by atoms with Crippen LogP contribution in [0.25, 0.3) is 0 Å². The number of anilines is 2. The number of carbonyl (C=O) groups is 2. The molecule has 1 amide bonds. The molecule has 2 heterocycles. The van der Waals surface area contributed by atoms with E-state index in [-0.39, 0.29) is 11.6 Å². The molecule has 1 aliphatic heterocycles. The summed E-state index contributed by atoms with van der Waals surface area (Å²) in [6.45, 7) is 0.890. The molecule has 6 heteroatoms. The number of aromatic nitrogens is 1. The molecular formula is C15H13N3O3. The molecule has 0 saturated carbocycles. The first-order chi connectivity index (χ1) is 10.1. The molecule has 0 saturated heterocycles. The van der Waals surface area contributed by atoms with Crippen molar-refractivity contribution >= 4 is 23.3 Å². The van der Waals surface area contributed by atoms with Gasteiger partial charge in [0.2, 0.25) is 0 Å². The van der Waals surface area contributed by atoms with E-state index < -0.39 is 5.97 Å². The van der Waals surface area contributed by atoms with Gasteiger partial charge in [0.05, 0.1) is 11.9 Å². The average Bonchev–Trinajstić information content (AvgIpc) is 2.95. The molecule has 0 spiro atoms. The third kappa shape index (κ3) is 2.69. The van der Waals surface area contributed by atoms with E-state index in [0.717, 1.165) is 18.7 Å². The Bertz CT molecular complexity index is 711.